The van der Waals surface area contributed by atoms with Crippen LogP contribution < -0.4 is 5.09 Å². The van der Waals surface area contributed by atoms with Gasteiger partial charge in [-0.25, -0.2) is 0 Å². The molecule has 0 unspecified atom stereocenters. The average Bonchev–Trinajstić information content (AvgIpc) is 1.76. The Morgan fingerprint density at radius 2 is 1.29 bits per heavy atom. The van der Waals surface area contributed by atoms with E-state index in [-0.39, 0.29) is 0 Å². The largest absolute Gasteiger partial charge is 0.307 e. The monoisotopic (exact) mass is 219 g/mol. The SMILES string of the molecule is CC(C)CP(=O)(CC(C)C)NC(C)C. The maximum Gasteiger partial charge on any atom is 0.148 e. The first-order valence-electron chi connectivity index (χ1n) is 5.61. The number of hydrogen-bond donors (Lipinski definition) is 1. The van der Waals surface area contributed by atoms with Crippen LogP contribution in [-0.4, -0.2) is 18.4 Å². The van der Waals surface area contributed by atoms with Gasteiger partial charge in [0.1, 0.15) is 7.29 Å². The van der Waals surface area contributed by atoms with E-state index in [1.165, 1.54) is 0 Å². The van der Waals surface area contributed by atoms with Gasteiger partial charge in [0, 0.05) is 18.4 Å². The summed E-state index contributed by atoms with van der Waals surface area (Å²) in [6.45, 7) is 12.7. The van der Waals surface area contributed by atoms with Crippen molar-refractivity contribution in [1.29, 1.82) is 0 Å². The fraction of sp³-hybridized carbons (Fsp3) is 1.00. The van der Waals surface area contributed by atoms with Crippen molar-refractivity contribution < 1.29 is 4.57 Å². The highest BCUT2D eigenvalue weighted by Crippen LogP contribution is 2.45. The van der Waals surface area contributed by atoms with Crippen LogP contribution in [0.25, 0.3) is 0 Å². The maximum absolute atomic E-state index is 12.5. The van der Waals surface area contributed by atoms with Crippen molar-refractivity contribution in [1.82, 2.24) is 5.09 Å². The van der Waals surface area contributed by atoms with Crippen molar-refractivity contribution in [3.05, 3.63) is 0 Å². The quantitative estimate of drug-likeness (QED) is 0.692. The third-order valence-corrected chi connectivity index (χ3v) is 5.44. The van der Waals surface area contributed by atoms with Crippen LogP contribution in [0.4, 0.5) is 0 Å². The Hall–Kier alpha value is 0.190. The van der Waals surface area contributed by atoms with Crippen LogP contribution in [0.5, 0.6) is 0 Å². The van der Waals surface area contributed by atoms with E-state index in [2.05, 4.69) is 46.6 Å². The molecule has 0 saturated carbocycles. The number of rotatable bonds is 6. The molecule has 0 amide bonds. The van der Waals surface area contributed by atoms with E-state index in [9.17, 15) is 4.57 Å². The first-order valence-corrected chi connectivity index (χ1v) is 7.69. The molecule has 0 aliphatic heterocycles. The molecule has 0 aliphatic carbocycles. The van der Waals surface area contributed by atoms with E-state index < -0.39 is 7.29 Å². The molecule has 14 heavy (non-hydrogen) atoms. The summed E-state index contributed by atoms with van der Waals surface area (Å²) < 4.78 is 12.5. The van der Waals surface area contributed by atoms with Crippen LogP contribution in [0, 0.1) is 11.8 Å². The lowest BCUT2D eigenvalue weighted by Gasteiger charge is -2.25. The molecular formula is C11H26NOP. The second-order valence-electron chi connectivity index (χ2n) is 5.33. The fourth-order valence-corrected chi connectivity index (χ4v) is 5.49. The predicted octanol–water partition coefficient (Wildman–Crippen LogP) is 3.57. The summed E-state index contributed by atoms with van der Waals surface area (Å²) in [6, 6.07) is 0.318. The molecule has 0 heterocycles. The van der Waals surface area contributed by atoms with Gasteiger partial charge < -0.3 is 4.57 Å². The van der Waals surface area contributed by atoms with E-state index >= 15 is 0 Å². The van der Waals surface area contributed by atoms with E-state index in [0.29, 0.717) is 17.9 Å². The molecule has 0 aliphatic rings. The van der Waals surface area contributed by atoms with E-state index in [1.54, 1.807) is 0 Å². The van der Waals surface area contributed by atoms with Crippen molar-refractivity contribution in [3.63, 3.8) is 0 Å². The third kappa shape index (κ3) is 6.62. The predicted molar refractivity (Wildman–Crippen MR) is 65.3 cm³/mol. The summed E-state index contributed by atoms with van der Waals surface area (Å²) in [5.74, 6) is 1.01. The number of hydrogen-bond acceptors (Lipinski definition) is 1. The lowest BCUT2D eigenvalue weighted by atomic mass is 10.3. The van der Waals surface area contributed by atoms with E-state index in [4.69, 9.17) is 0 Å². The van der Waals surface area contributed by atoms with E-state index in [0.717, 1.165) is 12.3 Å². The summed E-state index contributed by atoms with van der Waals surface area (Å²) in [5.41, 5.74) is 0. The summed E-state index contributed by atoms with van der Waals surface area (Å²) in [4.78, 5) is 0. The Balaban J connectivity index is 4.41. The van der Waals surface area contributed by atoms with Gasteiger partial charge in [0.05, 0.1) is 0 Å². The average molecular weight is 219 g/mol. The molecule has 0 aromatic heterocycles. The minimum Gasteiger partial charge on any atom is -0.307 e. The second kappa shape index (κ2) is 5.92. The Morgan fingerprint density at radius 3 is 1.50 bits per heavy atom. The highest BCUT2D eigenvalue weighted by Gasteiger charge is 2.24. The number of nitrogens with one attached hydrogen (secondary N) is 1. The maximum atomic E-state index is 12.5. The molecule has 3 heteroatoms. The molecule has 0 spiro atoms. The standard InChI is InChI=1S/C11H26NOP/c1-9(2)7-14(13,8-10(3)4)12-11(5)6/h9-11H,7-8H2,1-6H3,(H,12,13). The second-order valence-corrected chi connectivity index (χ2v) is 8.09. The molecule has 86 valence electrons. The summed E-state index contributed by atoms with van der Waals surface area (Å²) in [5, 5.41) is 3.27. The lowest BCUT2D eigenvalue weighted by molar-refractivity contribution is 0.536. The van der Waals surface area contributed by atoms with Gasteiger partial charge in [-0.3, -0.25) is 5.09 Å². The van der Waals surface area contributed by atoms with Crippen molar-refractivity contribution in [2.24, 2.45) is 11.8 Å². The van der Waals surface area contributed by atoms with Crippen LogP contribution >= 0.6 is 7.29 Å². The summed E-state index contributed by atoms with van der Waals surface area (Å²) >= 11 is 0. The zero-order valence-corrected chi connectivity index (χ0v) is 11.4. The van der Waals surface area contributed by atoms with Crippen molar-refractivity contribution >= 4 is 7.29 Å². The molecule has 0 atom stereocenters. The minimum absolute atomic E-state index is 0.318. The molecule has 0 radical (unpaired) electrons. The zero-order chi connectivity index (χ0) is 11.4. The smallest absolute Gasteiger partial charge is 0.148 e. The lowest BCUT2D eigenvalue weighted by Crippen LogP contribution is -2.25. The first kappa shape index (κ1) is 14.2. The Morgan fingerprint density at radius 1 is 0.929 bits per heavy atom. The Bertz CT molecular complexity index is 166. The van der Waals surface area contributed by atoms with Crippen LogP contribution in [0.1, 0.15) is 41.5 Å². The minimum atomic E-state index is -2.14. The summed E-state index contributed by atoms with van der Waals surface area (Å²) in [6.07, 6.45) is 1.65. The first-order chi connectivity index (χ1) is 6.25. The normalized spacial score (nSPS) is 13.2. The van der Waals surface area contributed by atoms with Gasteiger partial charge in [-0.05, 0) is 25.7 Å². The van der Waals surface area contributed by atoms with Crippen LogP contribution in [0.3, 0.4) is 0 Å². The van der Waals surface area contributed by atoms with Gasteiger partial charge in [-0.2, -0.15) is 0 Å². The third-order valence-electron chi connectivity index (χ3n) is 1.81. The summed E-state index contributed by atoms with van der Waals surface area (Å²) in [7, 11) is -2.14. The molecule has 0 aromatic carbocycles. The van der Waals surface area contributed by atoms with Crippen LogP contribution in [-0.2, 0) is 4.57 Å². The molecule has 0 saturated heterocycles. The molecule has 0 aromatic rings. The van der Waals surface area contributed by atoms with Gasteiger partial charge in [-0.15, -0.1) is 0 Å². The Labute approximate surface area is 89.3 Å². The van der Waals surface area contributed by atoms with Crippen LogP contribution in [0.2, 0.25) is 0 Å². The molecule has 0 rings (SSSR count). The highest BCUT2D eigenvalue weighted by molar-refractivity contribution is 7.61. The zero-order valence-electron chi connectivity index (χ0n) is 10.5. The van der Waals surface area contributed by atoms with Gasteiger partial charge >= 0.3 is 0 Å². The van der Waals surface area contributed by atoms with E-state index in [1.807, 2.05) is 0 Å². The molecule has 0 fully saturated rings. The Kier molecular flexibility index (Phi) is 6.00. The molecule has 0 bridgehead atoms. The molecule has 2 nitrogen and oxygen atoms in total. The van der Waals surface area contributed by atoms with Gasteiger partial charge in [-0.1, -0.05) is 27.7 Å². The molecule has 1 N–H and O–H groups in total. The fourth-order valence-electron chi connectivity index (χ4n) is 1.83. The van der Waals surface area contributed by atoms with Crippen molar-refractivity contribution in [2.75, 3.05) is 12.3 Å². The van der Waals surface area contributed by atoms with Crippen molar-refractivity contribution in [3.8, 4) is 0 Å². The van der Waals surface area contributed by atoms with Crippen molar-refractivity contribution in [2.45, 2.75) is 47.6 Å². The molecular weight excluding hydrogens is 193 g/mol. The topological polar surface area (TPSA) is 29.1 Å². The van der Waals surface area contributed by atoms with Gasteiger partial charge in [0.2, 0.25) is 0 Å². The van der Waals surface area contributed by atoms with Gasteiger partial charge in [0.25, 0.3) is 0 Å². The highest BCUT2D eigenvalue weighted by atomic mass is 31.2. The van der Waals surface area contributed by atoms with Crippen LogP contribution in [0.15, 0.2) is 0 Å². The van der Waals surface area contributed by atoms with Gasteiger partial charge in [0.15, 0.2) is 0 Å².